The highest BCUT2D eigenvalue weighted by atomic mass is 15.5. The lowest BCUT2D eigenvalue weighted by Gasteiger charge is -2.02. The molecule has 0 saturated heterocycles. The number of hydrogen-bond donors (Lipinski definition) is 2. The van der Waals surface area contributed by atoms with Gasteiger partial charge in [0.15, 0.2) is 5.82 Å². The van der Waals surface area contributed by atoms with Crippen LogP contribution in [0.4, 0.5) is 0 Å². The lowest BCUT2D eigenvalue weighted by atomic mass is 10.0. The van der Waals surface area contributed by atoms with E-state index >= 15 is 0 Å². The summed E-state index contributed by atoms with van der Waals surface area (Å²) in [7, 11) is 0. The fourth-order valence-electron chi connectivity index (χ4n) is 2.67. The van der Waals surface area contributed by atoms with Crippen LogP contribution in [0.2, 0.25) is 0 Å². The molecule has 0 bridgehead atoms. The van der Waals surface area contributed by atoms with Crippen LogP contribution in [0.15, 0.2) is 54.6 Å². The number of rotatable bonds is 3. The molecule has 0 saturated carbocycles. The number of para-hydroxylation sites is 1. The molecule has 5 heteroatoms. The smallest absolute Gasteiger partial charge is 0.181 e. The van der Waals surface area contributed by atoms with Gasteiger partial charge in [-0.2, -0.15) is 0 Å². The maximum Gasteiger partial charge on any atom is 0.181 e. The van der Waals surface area contributed by atoms with Crippen LogP contribution in [0.25, 0.3) is 22.3 Å². The Hall–Kier alpha value is -2.95. The lowest BCUT2D eigenvalue weighted by molar-refractivity contribution is 0.881. The van der Waals surface area contributed by atoms with Crippen molar-refractivity contribution in [3.8, 4) is 11.4 Å². The summed E-state index contributed by atoms with van der Waals surface area (Å²) in [6.07, 6.45) is 0.811. The zero-order valence-electron chi connectivity index (χ0n) is 11.2. The number of nitrogens with one attached hydrogen (secondary N) is 2. The van der Waals surface area contributed by atoms with Crippen molar-refractivity contribution in [3.63, 3.8) is 0 Å². The second-order valence-corrected chi connectivity index (χ2v) is 4.94. The summed E-state index contributed by atoms with van der Waals surface area (Å²) in [5.74, 6) is 0.693. The summed E-state index contributed by atoms with van der Waals surface area (Å²) in [6.45, 7) is 0. The largest absolute Gasteiger partial charge is 0.357 e. The SMILES string of the molecule is c1ccc(Cc2[nH]c3ccccc3c2-c2nnn[nH]2)cc1. The Labute approximate surface area is 121 Å². The monoisotopic (exact) mass is 275 g/mol. The molecule has 102 valence electrons. The van der Waals surface area contributed by atoms with E-state index in [1.54, 1.807) is 0 Å². The summed E-state index contributed by atoms with van der Waals surface area (Å²) in [4.78, 5) is 3.49. The van der Waals surface area contributed by atoms with E-state index in [1.807, 2.05) is 30.3 Å². The summed E-state index contributed by atoms with van der Waals surface area (Å²) in [5.41, 5.74) is 4.49. The van der Waals surface area contributed by atoms with Gasteiger partial charge in [-0.25, -0.2) is 5.10 Å². The molecule has 0 fully saturated rings. The van der Waals surface area contributed by atoms with Gasteiger partial charge < -0.3 is 4.98 Å². The molecule has 5 nitrogen and oxygen atoms in total. The van der Waals surface area contributed by atoms with Crippen LogP contribution in [0.1, 0.15) is 11.3 Å². The average Bonchev–Trinajstić information content (AvgIpc) is 3.14. The molecule has 0 aliphatic rings. The molecule has 4 aromatic rings. The first-order chi connectivity index (χ1) is 10.4. The molecule has 2 N–H and O–H groups in total. The standard InChI is InChI=1S/C16H13N5/c1-2-6-11(7-3-1)10-14-15(16-18-20-21-19-16)12-8-4-5-9-13(12)17-14/h1-9,17H,10H2,(H,18,19,20,21). The van der Waals surface area contributed by atoms with Crippen LogP contribution in [0.5, 0.6) is 0 Å². The molecule has 0 radical (unpaired) electrons. The Morgan fingerprint density at radius 3 is 2.52 bits per heavy atom. The molecule has 0 unspecified atom stereocenters. The maximum absolute atomic E-state index is 4.07. The lowest BCUT2D eigenvalue weighted by Crippen LogP contribution is -1.92. The van der Waals surface area contributed by atoms with E-state index in [1.165, 1.54) is 5.56 Å². The first kappa shape index (κ1) is 11.8. The fourth-order valence-corrected chi connectivity index (χ4v) is 2.67. The zero-order valence-corrected chi connectivity index (χ0v) is 11.2. The van der Waals surface area contributed by atoms with Crippen molar-refractivity contribution < 1.29 is 0 Å². The van der Waals surface area contributed by atoms with Gasteiger partial charge in [-0.1, -0.05) is 48.5 Å². The highest BCUT2D eigenvalue weighted by Crippen LogP contribution is 2.31. The van der Waals surface area contributed by atoms with E-state index in [2.05, 4.69) is 49.9 Å². The quantitative estimate of drug-likeness (QED) is 0.604. The van der Waals surface area contributed by atoms with Gasteiger partial charge in [0, 0.05) is 28.6 Å². The third-order valence-electron chi connectivity index (χ3n) is 3.59. The van der Waals surface area contributed by atoms with Gasteiger partial charge in [-0.3, -0.25) is 0 Å². The van der Waals surface area contributed by atoms with Gasteiger partial charge in [0.2, 0.25) is 0 Å². The molecule has 0 atom stereocenters. The van der Waals surface area contributed by atoms with Crippen LogP contribution < -0.4 is 0 Å². The van der Waals surface area contributed by atoms with Gasteiger partial charge in [-0.05, 0) is 22.1 Å². The van der Waals surface area contributed by atoms with E-state index < -0.39 is 0 Å². The first-order valence-electron chi connectivity index (χ1n) is 6.79. The second-order valence-electron chi connectivity index (χ2n) is 4.94. The maximum atomic E-state index is 4.07. The molecule has 0 aliphatic carbocycles. The van der Waals surface area contributed by atoms with Crippen molar-refractivity contribution >= 4 is 10.9 Å². The second kappa shape index (κ2) is 4.86. The highest BCUT2D eigenvalue weighted by molar-refractivity contribution is 5.95. The Bertz CT molecular complexity index is 862. The minimum Gasteiger partial charge on any atom is -0.357 e. The third kappa shape index (κ3) is 2.08. The Balaban J connectivity index is 1.90. The van der Waals surface area contributed by atoms with Crippen LogP contribution >= 0.6 is 0 Å². The van der Waals surface area contributed by atoms with Crippen molar-refractivity contribution in [2.24, 2.45) is 0 Å². The summed E-state index contributed by atoms with van der Waals surface area (Å²) in [5, 5.41) is 15.5. The number of aromatic nitrogens is 5. The number of H-pyrrole nitrogens is 2. The van der Waals surface area contributed by atoms with Gasteiger partial charge >= 0.3 is 0 Å². The molecule has 2 aromatic carbocycles. The minimum atomic E-state index is 0.693. The topological polar surface area (TPSA) is 70.2 Å². The molecular formula is C16H13N5. The van der Waals surface area contributed by atoms with Crippen molar-refractivity contribution in [1.29, 1.82) is 0 Å². The molecule has 0 aliphatic heterocycles. The van der Waals surface area contributed by atoms with Gasteiger partial charge in [0.05, 0.1) is 0 Å². The minimum absolute atomic E-state index is 0.693. The number of fused-ring (bicyclic) bond motifs is 1. The number of nitrogens with zero attached hydrogens (tertiary/aromatic N) is 3. The predicted octanol–water partition coefficient (Wildman–Crippen LogP) is 2.94. The molecule has 2 aromatic heterocycles. The molecule has 21 heavy (non-hydrogen) atoms. The molecule has 0 spiro atoms. The van der Waals surface area contributed by atoms with E-state index in [-0.39, 0.29) is 0 Å². The Morgan fingerprint density at radius 2 is 1.71 bits per heavy atom. The van der Waals surface area contributed by atoms with E-state index in [9.17, 15) is 0 Å². The summed E-state index contributed by atoms with van der Waals surface area (Å²) >= 11 is 0. The van der Waals surface area contributed by atoms with Crippen molar-refractivity contribution in [3.05, 3.63) is 65.9 Å². The predicted molar refractivity (Wildman–Crippen MR) is 80.7 cm³/mol. The van der Waals surface area contributed by atoms with Crippen LogP contribution in [-0.2, 0) is 6.42 Å². The van der Waals surface area contributed by atoms with Gasteiger partial charge in [0.1, 0.15) is 0 Å². The van der Waals surface area contributed by atoms with E-state index in [0.717, 1.165) is 28.6 Å². The fraction of sp³-hybridized carbons (Fsp3) is 0.0625. The average molecular weight is 275 g/mol. The molecule has 4 rings (SSSR count). The number of benzene rings is 2. The van der Waals surface area contributed by atoms with E-state index in [0.29, 0.717) is 5.82 Å². The van der Waals surface area contributed by atoms with E-state index in [4.69, 9.17) is 0 Å². The summed E-state index contributed by atoms with van der Waals surface area (Å²) in [6, 6.07) is 18.6. The number of tetrazole rings is 1. The summed E-state index contributed by atoms with van der Waals surface area (Å²) < 4.78 is 0. The van der Waals surface area contributed by atoms with Gasteiger partial charge in [0.25, 0.3) is 0 Å². The first-order valence-corrected chi connectivity index (χ1v) is 6.79. The van der Waals surface area contributed by atoms with Crippen molar-refractivity contribution in [2.45, 2.75) is 6.42 Å². The molecular weight excluding hydrogens is 262 g/mol. The number of aromatic amines is 2. The Kier molecular flexibility index (Phi) is 2.74. The van der Waals surface area contributed by atoms with Crippen molar-refractivity contribution in [2.75, 3.05) is 0 Å². The molecule has 0 amide bonds. The van der Waals surface area contributed by atoms with Crippen LogP contribution in [-0.4, -0.2) is 25.6 Å². The normalized spacial score (nSPS) is 11.0. The number of hydrogen-bond acceptors (Lipinski definition) is 3. The van der Waals surface area contributed by atoms with Crippen LogP contribution in [0.3, 0.4) is 0 Å². The third-order valence-corrected chi connectivity index (χ3v) is 3.59. The zero-order chi connectivity index (χ0) is 14.1. The molecule has 2 heterocycles. The Morgan fingerprint density at radius 1 is 0.905 bits per heavy atom. The highest BCUT2D eigenvalue weighted by Gasteiger charge is 2.16. The van der Waals surface area contributed by atoms with Gasteiger partial charge in [-0.15, -0.1) is 5.10 Å². The van der Waals surface area contributed by atoms with Crippen molar-refractivity contribution in [1.82, 2.24) is 25.6 Å². The van der Waals surface area contributed by atoms with Crippen LogP contribution in [0, 0.1) is 0 Å².